The molecule has 40 heavy (non-hydrogen) atoms. The second-order valence-electron chi connectivity index (χ2n) is 10.0. The summed E-state index contributed by atoms with van der Waals surface area (Å²) in [5, 5.41) is 7.79. The summed E-state index contributed by atoms with van der Waals surface area (Å²) in [6, 6.07) is 15.8. The molecular weight excluding hydrogens is 592 g/mol. The van der Waals surface area contributed by atoms with Gasteiger partial charge in [-0.3, -0.25) is 0 Å². The van der Waals surface area contributed by atoms with Gasteiger partial charge >= 0.3 is 0 Å². The quantitative estimate of drug-likeness (QED) is 0.167. The van der Waals surface area contributed by atoms with Gasteiger partial charge in [-0.15, -0.1) is 11.3 Å². The number of hydrogen-bond donors (Lipinski definition) is 3. The first-order valence-electron chi connectivity index (χ1n) is 13.2. The summed E-state index contributed by atoms with van der Waals surface area (Å²) in [6.45, 7) is 1.79. The van der Waals surface area contributed by atoms with Crippen molar-refractivity contribution in [2.45, 2.75) is 37.0 Å². The normalized spacial score (nSPS) is 17.7. The number of benzene rings is 2. The lowest BCUT2D eigenvalue weighted by Crippen LogP contribution is -2.32. The lowest BCUT2D eigenvalue weighted by Gasteiger charge is -2.28. The minimum Gasteiger partial charge on any atom is -0.369 e. The number of hydrogen-bond acceptors (Lipinski definition) is 7. The molecule has 0 radical (unpaired) electrons. The Balaban J connectivity index is 1.13. The zero-order valence-corrected chi connectivity index (χ0v) is 24.8. The standard InChI is InChI=1S/C28H30Cl2FN5O2S2/c29-25-15-24(26(30)39-25)40(37,38)34-17-20-7-5-19(6-8-20)16-33-28-35-23-4-2-1-3-22(23)27(36-28)32-14-13-18-9-11-21(31)12-10-18/h1-4,9-12,15,19-20,34H,5-8,13-14,16-17H2,(H2,32,33,35,36). The first kappa shape index (κ1) is 29.0. The van der Waals surface area contributed by atoms with Crippen molar-refractivity contribution in [3.8, 4) is 0 Å². The van der Waals surface area contributed by atoms with Gasteiger partial charge in [-0.25, -0.2) is 22.5 Å². The van der Waals surface area contributed by atoms with E-state index in [1.165, 1.54) is 18.2 Å². The summed E-state index contributed by atoms with van der Waals surface area (Å²) in [7, 11) is -3.68. The zero-order chi connectivity index (χ0) is 28.1. The third-order valence-corrected chi connectivity index (χ3v) is 10.4. The molecule has 3 N–H and O–H groups in total. The molecule has 0 aliphatic heterocycles. The largest absolute Gasteiger partial charge is 0.369 e. The van der Waals surface area contributed by atoms with Crippen LogP contribution in [0.4, 0.5) is 16.2 Å². The Hall–Kier alpha value is -2.50. The number of nitrogens with one attached hydrogen (secondary N) is 3. The second-order valence-corrected chi connectivity index (χ2v) is 14.0. The van der Waals surface area contributed by atoms with Crippen molar-refractivity contribution in [3.05, 3.63) is 74.7 Å². The predicted molar refractivity (Wildman–Crippen MR) is 162 cm³/mol. The maximum absolute atomic E-state index is 13.2. The highest BCUT2D eigenvalue weighted by atomic mass is 35.5. The molecule has 4 aromatic rings. The Kier molecular flexibility index (Phi) is 9.42. The molecule has 2 heterocycles. The molecule has 0 bridgehead atoms. The smallest absolute Gasteiger partial charge is 0.242 e. The van der Waals surface area contributed by atoms with Gasteiger partial charge in [0.25, 0.3) is 0 Å². The van der Waals surface area contributed by atoms with Crippen molar-refractivity contribution in [1.29, 1.82) is 0 Å². The molecule has 0 saturated heterocycles. The SMILES string of the molecule is O=S(=O)(NCC1CCC(CNc2nc(NCCc3ccc(F)cc3)c3ccccc3n2)CC1)c1cc(Cl)sc1Cl. The van der Waals surface area contributed by atoms with E-state index in [1.807, 2.05) is 24.3 Å². The van der Waals surface area contributed by atoms with Crippen LogP contribution < -0.4 is 15.4 Å². The van der Waals surface area contributed by atoms with Crippen LogP contribution in [0.2, 0.25) is 8.67 Å². The van der Waals surface area contributed by atoms with Gasteiger partial charge in [-0.05, 0) is 79.8 Å². The number of halogens is 3. The fourth-order valence-electron chi connectivity index (χ4n) is 4.96. The van der Waals surface area contributed by atoms with Crippen molar-refractivity contribution < 1.29 is 12.8 Å². The molecule has 7 nitrogen and oxygen atoms in total. The van der Waals surface area contributed by atoms with Crippen LogP contribution in [-0.2, 0) is 16.4 Å². The average Bonchev–Trinajstić information content (AvgIpc) is 3.31. The Morgan fingerprint density at radius 3 is 2.33 bits per heavy atom. The van der Waals surface area contributed by atoms with Gasteiger partial charge in [0.1, 0.15) is 20.9 Å². The van der Waals surface area contributed by atoms with Crippen LogP contribution in [0.3, 0.4) is 0 Å². The third-order valence-electron chi connectivity index (χ3n) is 7.21. The lowest BCUT2D eigenvalue weighted by molar-refractivity contribution is 0.284. The van der Waals surface area contributed by atoms with E-state index >= 15 is 0 Å². The molecule has 0 atom stereocenters. The molecule has 1 aliphatic rings. The van der Waals surface area contributed by atoms with Crippen molar-refractivity contribution in [1.82, 2.24) is 14.7 Å². The topological polar surface area (TPSA) is 96.0 Å². The fraction of sp³-hybridized carbons (Fsp3) is 0.357. The Labute approximate surface area is 247 Å². The summed E-state index contributed by atoms with van der Waals surface area (Å²) < 4.78 is 41.6. The molecule has 0 spiro atoms. The van der Waals surface area contributed by atoms with Crippen LogP contribution in [0.5, 0.6) is 0 Å². The van der Waals surface area contributed by atoms with E-state index in [9.17, 15) is 12.8 Å². The molecule has 1 aliphatic carbocycles. The van der Waals surface area contributed by atoms with E-state index in [2.05, 4.69) is 15.4 Å². The van der Waals surface area contributed by atoms with E-state index < -0.39 is 10.0 Å². The van der Waals surface area contributed by atoms with Crippen molar-refractivity contribution >= 4 is 67.2 Å². The maximum Gasteiger partial charge on any atom is 0.242 e. The molecule has 212 valence electrons. The van der Waals surface area contributed by atoms with Crippen LogP contribution in [-0.4, -0.2) is 38.0 Å². The number of nitrogens with zero attached hydrogens (tertiary/aromatic N) is 2. The zero-order valence-electron chi connectivity index (χ0n) is 21.7. The monoisotopic (exact) mass is 621 g/mol. The molecular formula is C28H30Cl2FN5O2S2. The molecule has 0 unspecified atom stereocenters. The molecule has 12 heteroatoms. The number of para-hydroxylation sites is 1. The summed E-state index contributed by atoms with van der Waals surface area (Å²) in [4.78, 5) is 9.50. The van der Waals surface area contributed by atoms with Crippen LogP contribution in [0.1, 0.15) is 31.2 Å². The number of fused-ring (bicyclic) bond motifs is 1. The minimum absolute atomic E-state index is 0.0433. The Morgan fingerprint density at radius 2 is 1.62 bits per heavy atom. The molecule has 5 rings (SSSR count). The highest BCUT2D eigenvalue weighted by molar-refractivity contribution is 7.89. The van der Waals surface area contributed by atoms with Crippen LogP contribution >= 0.6 is 34.5 Å². The van der Waals surface area contributed by atoms with E-state index in [1.54, 1.807) is 12.1 Å². The van der Waals surface area contributed by atoms with Crippen molar-refractivity contribution in [3.63, 3.8) is 0 Å². The highest BCUT2D eigenvalue weighted by Crippen LogP contribution is 2.35. The van der Waals surface area contributed by atoms with Crippen LogP contribution in [0.25, 0.3) is 10.9 Å². The van der Waals surface area contributed by atoms with Gasteiger partial charge in [-0.2, -0.15) is 4.98 Å². The molecule has 0 amide bonds. The van der Waals surface area contributed by atoms with E-state index in [0.29, 0.717) is 29.3 Å². The summed E-state index contributed by atoms with van der Waals surface area (Å²) in [5.41, 5.74) is 1.90. The Bertz CT molecular complexity index is 1560. The van der Waals surface area contributed by atoms with Crippen LogP contribution in [0.15, 0.2) is 59.5 Å². The molecule has 1 fully saturated rings. The van der Waals surface area contributed by atoms with Gasteiger partial charge in [0.05, 0.1) is 9.85 Å². The predicted octanol–water partition coefficient (Wildman–Crippen LogP) is 6.99. The van der Waals surface area contributed by atoms with Crippen molar-refractivity contribution in [2.24, 2.45) is 11.8 Å². The van der Waals surface area contributed by atoms with Gasteiger partial charge in [0.15, 0.2) is 0 Å². The first-order valence-corrected chi connectivity index (χ1v) is 16.3. The Morgan fingerprint density at radius 1 is 0.925 bits per heavy atom. The lowest BCUT2D eigenvalue weighted by atomic mass is 9.82. The number of sulfonamides is 1. The number of thiophene rings is 1. The third kappa shape index (κ3) is 7.41. The summed E-state index contributed by atoms with van der Waals surface area (Å²) >= 11 is 13.0. The number of rotatable bonds is 11. The average molecular weight is 623 g/mol. The van der Waals surface area contributed by atoms with E-state index in [0.717, 1.165) is 72.3 Å². The van der Waals surface area contributed by atoms with E-state index in [4.69, 9.17) is 33.2 Å². The van der Waals surface area contributed by atoms with Gasteiger partial charge in [-0.1, -0.05) is 47.5 Å². The highest BCUT2D eigenvalue weighted by Gasteiger charge is 2.25. The van der Waals surface area contributed by atoms with Gasteiger partial charge in [0.2, 0.25) is 16.0 Å². The maximum atomic E-state index is 13.2. The van der Waals surface area contributed by atoms with Gasteiger partial charge < -0.3 is 10.6 Å². The molecule has 1 saturated carbocycles. The summed E-state index contributed by atoms with van der Waals surface area (Å²) in [5.74, 6) is 1.82. The van der Waals surface area contributed by atoms with Crippen molar-refractivity contribution in [2.75, 3.05) is 30.3 Å². The molecule has 2 aromatic carbocycles. The van der Waals surface area contributed by atoms with Crippen LogP contribution in [0, 0.1) is 17.7 Å². The molecule has 2 aromatic heterocycles. The van der Waals surface area contributed by atoms with E-state index in [-0.39, 0.29) is 21.0 Å². The summed E-state index contributed by atoms with van der Waals surface area (Å²) in [6.07, 6.45) is 4.58. The fourth-order valence-corrected chi connectivity index (χ4v) is 8.22. The minimum atomic E-state index is -3.68. The number of aromatic nitrogens is 2. The first-order chi connectivity index (χ1) is 19.3. The number of anilines is 2. The second kappa shape index (κ2) is 13.0. The van der Waals surface area contributed by atoms with Gasteiger partial charge in [0, 0.05) is 25.0 Å².